The number of nitrogens with zero attached hydrogens (tertiary/aromatic N) is 2. The van der Waals surface area contributed by atoms with Gasteiger partial charge in [-0.2, -0.15) is 0 Å². The minimum absolute atomic E-state index is 0.0977. The molecule has 2 atom stereocenters. The number of benzene rings is 2. The van der Waals surface area contributed by atoms with Crippen molar-refractivity contribution in [1.82, 2.24) is 30.6 Å². The molecule has 4 N–H and O–H groups in total. The maximum atomic E-state index is 12.6. The predicted molar refractivity (Wildman–Crippen MR) is 185 cm³/mol. The van der Waals surface area contributed by atoms with Crippen LogP contribution in [0.25, 0.3) is 22.3 Å². The molecule has 10 nitrogen and oxygen atoms in total. The van der Waals surface area contributed by atoms with Crippen LogP contribution in [0.5, 0.6) is 0 Å². The Kier molecular flexibility index (Phi) is 10.1. The molecule has 2 aromatic carbocycles. The maximum Gasteiger partial charge on any atom is 0.408 e. The Hall–Kier alpha value is -4.78. The highest BCUT2D eigenvalue weighted by Gasteiger charge is 2.32. The fourth-order valence-corrected chi connectivity index (χ4v) is 4.87. The fraction of sp³-hybridized carbons (Fsp3) is 0.459. The molecular weight excluding hydrogens is 592 g/mol. The van der Waals surface area contributed by atoms with E-state index in [1.165, 1.54) is 0 Å². The average Bonchev–Trinajstić information content (AvgIpc) is 3.58. The van der Waals surface area contributed by atoms with Gasteiger partial charge in [0, 0.05) is 11.1 Å². The summed E-state index contributed by atoms with van der Waals surface area (Å²) in [6, 6.07) is 13.0. The van der Waals surface area contributed by atoms with Crippen molar-refractivity contribution in [3.63, 3.8) is 0 Å². The lowest BCUT2D eigenvalue weighted by Gasteiger charge is -2.31. The minimum atomic E-state index is -0.601. The van der Waals surface area contributed by atoms with Crippen molar-refractivity contribution in [1.29, 1.82) is 0 Å². The lowest BCUT2D eigenvalue weighted by Crippen LogP contribution is -2.40. The van der Waals surface area contributed by atoms with Crippen molar-refractivity contribution in [3.8, 4) is 23.1 Å². The molecule has 10 heteroatoms. The van der Waals surface area contributed by atoms with Crippen LogP contribution in [0.15, 0.2) is 48.7 Å². The van der Waals surface area contributed by atoms with Crippen LogP contribution >= 0.6 is 0 Å². The van der Waals surface area contributed by atoms with Crippen LogP contribution in [0.3, 0.4) is 0 Å². The summed E-state index contributed by atoms with van der Waals surface area (Å²) in [5.74, 6) is 7.90. The van der Waals surface area contributed by atoms with Gasteiger partial charge in [-0.05, 0) is 88.8 Å². The molecule has 0 bridgehead atoms. The number of fused-ring (bicyclic) bond motifs is 1. The summed E-state index contributed by atoms with van der Waals surface area (Å²) >= 11 is 0. The van der Waals surface area contributed by atoms with Crippen molar-refractivity contribution < 1.29 is 19.1 Å². The summed E-state index contributed by atoms with van der Waals surface area (Å²) in [5, 5.41) is 5.92. The Morgan fingerprint density at radius 2 is 1.34 bits per heavy atom. The summed E-state index contributed by atoms with van der Waals surface area (Å²) in [7, 11) is 0. The second-order valence-corrected chi connectivity index (χ2v) is 15.2. The number of carbonyl (C=O) groups is 2. The molecule has 0 radical (unpaired) electrons. The molecule has 2 aromatic heterocycles. The van der Waals surface area contributed by atoms with Gasteiger partial charge in [0.2, 0.25) is 0 Å². The van der Waals surface area contributed by atoms with E-state index >= 15 is 0 Å². The van der Waals surface area contributed by atoms with Crippen molar-refractivity contribution >= 4 is 23.2 Å². The molecular formula is C37H48N6O4. The first-order chi connectivity index (χ1) is 21.8. The van der Waals surface area contributed by atoms with Crippen LogP contribution in [-0.2, 0) is 9.47 Å². The number of hydrogen-bond acceptors (Lipinski definition) is 6. The summed E-state index contributed by atoms with van der Waals surface area (Å²) in [6.07, 6.45) is 0.801. The lowest BCUT2D eigenvalue weighted by molar-refractivity contribution is 0.0455. The van der Waals surface area contributed by atoms with Crippen LogP contribution in [-0.4, -0.2) is 43.3 Å². The minimum Gasteiger partial charge on any atom is -0.444 e. The van der Waals surface area contributed by atoms with Crippen LogP contribution < -0.4 is 10.6 Å². The fourth-order valence-electron chi connectivity index (χ4n) is 4.87. The molecule has 0 aliphatic heterocycles. The van der Waals surface area contributed by atoms with Crippen LogP contribution in [0, 0.1) is 23.2 Å². The van der Waals surface area contributed by atoms with Crippen molar-refractivity contribution in [2.75, 3.05) is 0 Å². The van der Waals surface area contributed by atoms with E-state index in [2.05, 4.69) is 37.4 Å². The highest BCUT2D eigenvalue weighted by Crippen LogP contribution is 2.33. The van der Waals surface area contributed by atoms with Crippen LogP contribution in [0.4, 0.5) is 9.59 Å². The molecule has 4 rings (SSSR count). The third kappa shape index (κ3) is 9.85. The topological polar surface area (TPSA) is 134 Å². The Morgan fingerprint density at radius 1 is 0.766 bits per heavy atom. The van der Waals surface area contributed by atoms with E-state index in [1.807, 2.05) is 119 Å². The van der Waals surface area contributed by atoms with E-state index in [1.54, 1.807) is 6.20 Å². The molecule has 0 aliphatic rings. The van der Waals surface area contributed by atoms with E-state index in [4.69, 9.17) is 14.5 Å². The number of rotatable bonds is 6. The monoisotopic (exact) mass is 640 g/mol. The standard InChI is InChI=1S/C37H48N6O4/c1-22(2)29(42-33(44)46-36(6,7)8)31-38-21-28(41-31)25-17-14-23(15-18-25)12-13-24-16-19-26-27(20-24)40-32(39-26)30(35(3,4)5)43-34(45)47-37(9,10)11/h14-22,29-30H,1-11H3,(H,38,41)(H,39,40)(H,42,44)(H,43,45)/t29-,30+/m0/s1. The number of alkyl carbamates (subject to hydrolysis) is 2. The quantitative estimate of drug-likeness (QED) is 0.157. The Balaban J connectivity index is 1.48. The number of hydrogen-bond donors (Lipinski definition) is 4. The zero-order valence-corrected chi connectivity index (χ0v) is 29.4. The zero-order valence-electron chi connectivity index (χ0n) is 29.4. The Morgan fingerprint density at radius 3 is 1.91 bits per heavy atom. The van der Waals surface area contributed by atoms with Crippen LogP contribution in [0.2, 0.25) is 0 Å². The number of carbonyl (C=O) groups excluding carboxylic acids is 2. The van der Waals surface area contributed by atoms with E-state index in [9.17, 15) is 9.59 Å². The molecule has 0 saturated heterocycles. The predicted octanol–water partition coefficient (Wildman–Crippen LogP) is 8.19. The van der Waals surface area contributed by atoms with E-state index in [-0.39, 0.29) is 23.4 Å². The van der Waals surface area contributed by atoms with Gasteiger partial charge in [0.05, 0.1) is 35.0 Å². The molecule has 0 fully saturated rings. The first-order valence-corrected chi connectivity index (χ1v) is 15.9. The molecule has 4 aromatic rings. The SMILES string of the molecule is CC(C)[C@H](NC(=O)OC(C)(C)C)c1ncc(-c2ccc(C#Cc3ccc4nc([C@@H](NC(=O)OC(C)(C)C)C(C)(C)C)[nH]c4c3)cc2)[nH]1. The molecule has 47 heavy (non-hydrogen) atoms. The maximum absolute atomic E-state index is 12.6. The lowest BCUT2D eigenvalue weighted by atomic mass is 9.86. The van der Waals surface area contributed by atoms with Gasteiger partial charge in [-0.1, -0.05) is 58.6 Å². The molecule has 250 valence electrons. The first-order valence-electron chi connectivity index (χ1n) is 15.9. The number of ether oxygens (including phenoxy) is 2. The van der Waals surface area contributed by atoms with Crippen LogP contribution in [0.1, 0.15) is 111 Å². The summed E-state index contributed by atoms with van der Waals surface area (Å²) in [4.78, 5) is 41.1. The largest absolute Gasteiger partial charge is 0.444 e. The van der Waals surface area contributed by atoms with E-state index in [0.717, 1.165) is 33.4 Å². The smallest absolute Gasteiger partial charge is 0.408 e. The molecule has 0 aliphatic carbocycles. The van der Waals surface area contributed by atoms with E-state index < -0.39 is 23.4 Å². The number of H-pyrrole nitrogens is 2. The molecule has 0 unspecified atom stereocenters. The number of aromatic nitrogens is 4. The van der Waals surface area contributed by atoms with E-state index in [0.29, 0.717) is 11.6 Å². The summed E-state index contributed by atoms with van der Waals surface area (Å²) in [6.45, 7) is 21.2. The van der Waals surface area contributed by atoms with Crippen molar-refractivity contribution in [3.05, 3.63) is 71.4 Å². The van der Waals surface area contributed by atoms with Gasteiger partial charge >= 0.3 is 12.2 Å². The van der Waals surface area contributed by atoms with Crippen molar-refractivity contribution in [2.24, 2.45) is 11.3 Å². The third-order valence-corrected chi connectivity index (χ3v) is 7.08. The van der Waals surface area contributed by atoms with Gasteiger partial charge in [0.25, 0.3) is 0 Å². The Bertz CT molecular complexity index is 1770. The molecule has 2 amide bonds. The second-order valence-electron chi connectivity index (χ2n) is 15.2. The normalized spacial score (nSPS) is 13.4. The summed E-state index contributed by atoms with van der Waals surface area (Å²) in [5.41, 5.74) is 3.60. The number of amides is 2. The highest BCUT2D eigenvalue weighted by atomic mass is 16.6. The van der Waals surface area contributed by atoms with Gasteiger partial charge < -0.3 is 30.1 Å². The van der Waals surface area contributed by atoms with Gasteiger partial charge in [0.1, 0.15) is 22.9 Å². The Labute approximate surface area is 277 Å². The molecule has 2 heterocycles. The third-order valence-electron chi connectivity index (χ3n) is 7.08. The summed E-state index contributed by atoms with van der Waals surface area (Å²) < 4.78 is 10.9. The number of nitrogens with one attached hydrogen (secondary N) is 4. The average molecular weight is 641 g/mol. The number of aromatic amines is 2. The second kappa shape index (κ2) is 13.5. The number of imidazole rings is 2. The van der Waals surface area contributed by atoms with Gasteiger partial charge in [0.15, 0.2) is 0 Å². The van der Waals surface area contributed by atoms with Gasteiger partial charge in [-0.15, -0.1) is 0 Å². The van der Waals surface area contributed by atoms with Gasteiger partial charge in [-0.3, -0.25) is 0 Å². The highest BCUT2D eigenvalue weighted by molar-refractivity contribution is 5.77. The van der Waals surface area contributed by atoms with Gasteiger partial charge in [-0.25, -0.2) is 19.6 Å². The zero-order chi connectivity index (χ0) is 34.7. The molecule has 0 saturated carbocycles. The first kappa shape index (κ1) is 35.1. The van der Waals surface area contributed by atoms with Crippen molar-refractivity contribution in [2.45, 2.75) is 99.4 Å². The molecule has 0 spiro atoms.